The largest absolute Gasteiger partial charge is 0.358 e. The monoisotopic (exact) mass is 453 g/mol. The van der Waals surface area contributed by atoms with E-state index < -0.39 is 5.82 Å². The van der Waals surface area contributed by atoms with E-state index in [-0.39, 0.29) is 23.8 Å². The number of nitrogens with one attached hydrogen (secondary N) is 3. The number of likely N-dealkylation sites (tertiary alicyclic amines) is 1. The molecule has 3 N–H and O–H groups in total. The smallest absolute Gasteiger partial charge is 0.256 e. The van der Waals surface area contributed by atoms with Crippen molar-refractivity contribution >= 4 is 35.1 Å². The summed E-state index contributed by atoms with van der Waals surface area (Å²) >= 11 is 0. The molecule has 0 saturated carbocycles. The number of rotatable bonds is 5. The third-order valence-corrected chi connectivity index (χ3v) is 6.08. The second-order valence-electron chi connectivity index (χ2n) is 8.90. The van der Waals surface area contributed by atoms with Crippen molar-refractivity contribution in [3.63, 3.8) is 0 Å². The van der Waals surface area contributed by atoms with E-state index >= 15 is 0 Å². The van der Waals surface area contributed by atoms with Crippen molar-refractivity contribution in [2.75, 3.05) is 39.0 Å². The van der Waals surface area contributed by atoms with Gasteiger partial charge in [0.25, 0.3) is 11.8 Å². The standard InChI is InChI=1S/C24H28FN5O3/c1-13-20(10-18-17-9-15(25)5-6-19(17)28-23(18)32)26-14(2)22(13)24(33)27-16-7-8-30(11-16)21(31)12-29(3)4/h5-6,9-10,16,26H,7-8,11-12H2,1-4H3,(H,27,33)(H,28,32)/b18-10-/t16-/m0/s1. The predicted octanol–water partition coefficient (Wildman–Crippen LogP) is 2.16. The molecular weight excluding hydrogens is 425 g/mol. The number of carbonyl (C=O) groups is 3. The molecule has 0 aliphatic carbocycles. The minimum atomic E-state index is -0.426. The Balaban J connectivity index is 1.51. The molecule has 33 heavy (non-hydrogen) atoms. The lowest BCUT2D eigenvalue weighted by atomic mass is 10.0. The van der Waals surface area contributed by atoms with Crippen LogP contribution in [0.25, 0.3) is 11.6 Å². The summed E-state index contributed by atoms with van der Waals surface area (Å²) in [4.78, 5) is 44.5. The summed E-state index contributed by atoms with van der Waals surface area (Å²) < 4.78 is 13.7. The number of hydrogen-bond donors (Lipinski definition) is 3. The Bertz CT molecular complexity index is 1170. The molecule has 2 aliphatic heterocycles. The van der Waals surface area contributed by atoms with E-state index in [9.17, 15) is 18.8 Å². The maximum Gasteiger partial charge on any atom is 0.256 e. The number of fused-ring (bicyclic) bond motifs is 1. The van der Waals surface area contributed by atoms with Gasteiger partial charge >= 0.3 is 0 Å². The Morgan fingerprint density at radius 2 is 2.06 bits per heavy atom. The summed E-state index contributed by atoms with van der Waals surface area (Å²) in [6.45, 7) is 5.06. The van der Waals surface area contributed by atoms with Crippen molar-refractivity contribution in [2.45, 2.75) is 26.3 Å². The number of nitrogens with zero attached hydrogens (tertiary/aromatic N) is 2. The van der Waals surface area contributed by atoms with Gasteiger partial charge in [-0.15, -0.1) is 0 Å². The fourth-order valence-electron chi connectivity index (χ4n) is 4.44. The highest BCUT2D eigenvalue weighted by molar-refractivity contribution is 6.34. The van der Waals surface area contributed by atoms with E-state index in [2.05, 4.69) is 15.6 Å². The van der Waals surface area contributed by atoms with Crippen LogP contribution in [0.15, 0.2) is 18.2 Å². The quantitative estimate of drug-likeness (QED) is 0.605. The second kappa shape index (κ2) is 8.82. The van der Waals surface area contributed by atoms with E-state index in [4.69, 9.17) is 0 Å². The average Bonchev–Trinajstić information content (AvgIpc) is 3.39. The Kier molecular flexibility index (Phi) is 6.07. The van der Waals surface area contributed by atoms with Gasteiger partial charge in [0.05, 0.1) is 17.7 Å². The Morgan fingerprint density at radius 1 is 1.30 bits per heavy atom. The molecule has 1 fully saturated rings. The van der Waals surface area contributed by atoms with Crippen molar-refractivity contribution in [3.05, 3.63) is 52.1 Å². The highest BCUT2D eigenvalue weighted by atomic mass is 19.1. The van der Waals surface area contributed by atoms with Gasteiger partial charge in [0, 0.05) is 41.8 Å². The summed E-state index contributed by atoms with van der Waals surface area (Å²) in [5.41, 5.74) is 3.90. The van der Waals surface area contributed by atoms with Crippen LogP contribution in [0.4, 0.5) is 10.1 Å². The molecule has 0 unspecified atom stereocenters. The molecule has 174 valence electrons. The fraction of sp³-hybridized carbons (Fsp3) is 0.375. The lowest BCUT2D eigenvalue weighted by Gasteiger charge is -2.19. The van der Waals surface area contributed by atoms with Gasteiger partial charge in [-0.2, -0.15) is 0 Å². The second-order valence-corrected chi connectivity index (χ2v) is 8.90. The van der Waals surface area contributed by atoms with Crippen molar-refractivity contribution in [2.24, 2.45) is 0 Å². The highest BCUT2D eigenvalue weighted by Gasteiger charge is 2.30. The Labute approximate surface area is 191 Å². The van der Waals surface area contributed by atoms with E-state index in [0.29, 0.717) is 65.4 Å². The number of hydrogen-bond acceptors (Lipinski definition) is 4. The van der Waals surface area contributed by atoms with Crippen LogP contribution < -0.4 is 10.6 Å². The average molecular weight is 454 g/mol. The first-order valence-corrected chi connectivity index (χ1v) is 10.9. The van der Waals surface area contributed by atoms with Crippen LogP contribution in [-0.2, 0) is 9.59 Å². The molecule has 0 bridgehead atoms. The first kappa shape index (κ1) is 22.7. The molecule has 9 heteroatoms. The summed E-state index contributed by atoms with van der Waals surface area (Å²) in [6.07, 6.45) is 2.35. The van der Waals surface area contributed by atoms with Crippen molar-refractivity contribution in [3.8, 4) is 0 Å². The summed E-state index contributed by atoms with van der Waals surface area (Å²) in [5.74, 6) is -0.918. The summed E-state index contributed by atoms with van der Waals surface area (Å²) in [7, 11) is 3.70. The van der Waals surface area contributed by atoms with Gasteiger partial charge in [-0.3, -0.25) is 14.4 Å². The predicted molar refractivity (Wildman–Crippen MR) is 124 cm³/mol. The number of anilines is 1. The zero-order valence-corrected chi connectivity index (χ0v) is 19.2. The van der Waals surface area contributed by atoms with Crippen LogP contribution in [0.3, 0.4) is 0 Å². The summed E-state index contributed by atoms with van der Waals surface area (Å²) in [5, 5.41) is 5.77. The lowest BCUT2D eigenvalue weighted by molar-refractivity contribution is -0.130. The minimum absolute atomic E-state index is 0.0474. The summed E-state index contributed by atoms with van der Waals surface area (Å²) in [6, 6.07) is 4.03. The normalized spacial score (nSPS) is 18.7. The molecule has 0 spiro atoms. The van der Waals surface area contributed by atoms with Crippen LogP contribution in [0.1, 0.15) is 39.3 Å². The highest BCUT2D eigenvalue weighted by Crippen LogP contribution is 2.34. The van der Waals surface area contributed by atoms with Gasteiger partial charge in [0.2, 0.25) is 5.91 Å². The third-order valence-electron chi connectivity index (χ3n) is 6.08. The number of H-pyrrole nitrogens is 1. The molecule has 3 heterocycles. The molecule has 2 aromatic rings. The van der Waals surface area contributed by atoms with Gasteiger partial charge in [-0.05, 0) is 64.2 Å². The first-order valence-electron chi connectivity index (χ1n) is 10.9. The zero-order valence-electron chi connectivity index (χ0n) is 19.2. The zero-order chi connectivity index (χ0) is 23.9. The number of carbonyl (C=O) groups excluding carboxylic acids is 3. The number of benzene rings is 1. The van der Waals surface area contributed by atoms with Crippen LogP contribution in [0, 0.1) is 19.7 Å². The number of aromatic amines is 1. The third kappa shape index (κ3) is 4.54. The first-order chi connectivity index (χ1) is 15.6. The van der Waals surface area contributed by atoms with Crippen molar-refractivity contribution < 1.29 is 18.8 Å². The number of aromatic nitrogens is 1. The van der Waals surface area contributed by atoms with E-state index in [1.54, 1.807) is 17.9 Å². The molecular formula is C24H28FN5O3. The number of amides is 3. The number of halogens is 1. The van der Waals surface area contributed by atoms with E-state index in [0.717, 1.165) is 0 Å². The number of likely N-dealkylation sites (N-methyl/N-ethyl adjacent to an activating group) is 1. The number of aryl methyl sites for hydroxylation is 1. The van der Waals surface area contributed by atoms with E-state index in [1.165, 1.54) is 18.2 Å². The SMILES string of the molecule is Cc1[nH]c(/C=C2\C(=O)Nc3ccc(F)cc32)c(C)c1C(=O)N[C@H]1CCN(C(=O)CN(C)C)C1. The van der Waals surface area contributed by atoms with Crippen LogP contribution in [0.5, 0.6) is 0 Å². The molecule has 8 nitrogen and oxygen atoms in total. The van der Waals surface area contributed by atoms with Gasteiger partial charge in [0.1, 0.15) is 5.82 Å². The minimum Gasteiger partial charge on any atom is -0.358 e. The van der Waals surface area contributed by atoms with Gasteiger partial charge in [0.15, 0.2) is 0 Å². The molecule has 3 amide bonds. The Hall–Kier alpha value is -3.46. The van der Waals surface area contributed by atoms with Gasteiger partial charge < -0.3 is 25.4 Å². The Morgan fingerprint density at radius 3 is 2.79 bits per heavy atom. The molecule has 1 atom stereocenters. The fourth-order valence-corrected chi connectivity index (χ4v) is 4.44. The van der Waals surface area contributed by atoms with Gasteiger partial charge in [-0.25, -0.2) is 4.39 Å². The lowest BCUT2D eigenvalue weighted by Crippen LogP contribution is -2.41. The molecule has 4 rings (SSSR count). The molecule has 0 radical (unpaired) electrons. The van der Waals surface area contributed by atoms with Crippen molar-refractivity contribution in [1.29, 1.82) is 0 Å². The molecule has 2 aliphatic rings. The maximum absolute atomic E-state index is 13.7. The van der Waals surface area contributed by atoms with Crippen LogP contribution in [0.2, 0.25) is 0 Å². The van der Waals surface area contributed by atoms with E-state index in [1.807, 2.05) is 25.9 Å². The molecule has 1 aromatic carbocycles. The van der Waals surface area contributed by atoms with Gasteiger partial charge in [-0.1, -0.05) is 0 Å². The molecule has 1 saturated heterocycles. The van der Waals surface area contributed by atoms with Crippen molar-refractivity contribution in [1.82, 2.24) is 20.1 Å². The van der Waals surface area contributed by atoms with Crippen LogP contribution in [-0.4, -0.2) is 72.3 Å². The topological polar surface area (TPSA) is 97.5 Å². The maximum atomic E-state index is 13.7. The molecule has 1 aromatic heterocycles. The van der Waals surface area contributed by atoms with Crippen LogP contribution >= 0.6 is 0 Å².